The Bertz CT molecular complexity index is 1470. The first-order chi connectivity index (χ1) is 19.9. The summed E-state index contributed by atoms with van der Waals surface area (Å²) >= 11 is 0. The number of anilines is 1. The second-order valence-corrected chi connectivity index (χ2v) is 9.61. The molecule has 0 spiro atoms. The van der Waals surface area contributed by atoms with E-state index < -0.39 is 54.7 Å². The Morgan fingerprint density at radius 2 is 1.86 bits per heavy atom. The van der Waals surface area contributed by atoms with Gasteiger partial charge in [0.2, 0.25) is 11.8 Å². The number of imide groups is 1. The van der Waals surface area contributed by atoms with Crippen molar-refractivity contribution in [2.24, 2.45) is 0 Å². The number of benzene rings is 2. The maximum absolute atomic E-state index is 13.6. The number of carboxylic acids is 1. The number of urea groups is 1. The van der Waals surface area contributed by atoms with Crippen molar-refractivity contribution in [3.8, 4) is 11.5 Å². The number of piperazine rings is 1. The maximum atomic E-state index is 13.6. The van der Waals surface area contributed by atoms with Crippen LogP contribution >= 0.6 is 0 Å². The number of fused-ring (bicyclic) bond motifs is 1. The largest absolute Gasteiger partial charge is 0.547 e. The topological polar surface area (TPSA) is 215 Å². The molecule has 1 fully saturated rings. The highest BCUT2D eigenvalue weighted by Gasteiger charge is 2.41. The number of nitrogens with zero attached hydrogens (tertiary/aromatic N) is 2. The third-order valence-electron chi connectivity index (χ3n) is 6.81. The first-order valence-electron chi connectivity index (χ1n) is 12.9. The first kappa shape index (κ1) is 29.9. The van der Waals surface area contributed by atoms with Crippen LogP contribution in [0.2, 0.25) is 0 Å². The molecule has 0 aromatic heterocycles. The zero-order valence-electron chi connectivity index (χ0n) is 22.6. The molecule has 0 saturated carbocycles. The van der Waals surface area contributed by atoms with Gasteiger partial charge in [0, 0.05) is 26.6 Å². The molecule has 2 atom stereocenters. The fourth-order valence-electron chi connectivity index (χ4n) is 4.68. The predicted molar refractivity (Wildman–Crippen MR) is 145 cm³/mol. The van der Waals surface area contributed by atoms with Crippen molar-refractivity contribution in [3.05, 3.63) is 53.1 Å². The molecular formula is C26H28BN5O10. The lowest BCUT2D eigenvalue weighted by Gasteiger charge is -2.33. The molecule has 220 valence electrons. The van der Waals surface area contributed by atoms with Crippen LogP contribution in [0.4, 0.5) is 10.5 Å². The fraction of sp³-hybridized carbons (Fsp3) is 0.308. The summed E-state index contributed by atoms with van der Waals surface area (Å²) in [7, 11) is -1.66. The van der Waals surface area contributed by atoms with Crippen LogP contribution in [0.3, 0.4) is 0 Å². The van der Waals surface area contributed by atoms with Gasteiger partial charge in [-0.1, -0.05) is 18.2 Å². The van der Waals surface area contributed by atoms with Gasteiger partial charge < -0.3 is 40.7 Å². The number of likely N-dealkylation sites (N-methyl/N-ethyl adjacent to an activating group) is 1. The van der Waals surface area contributed by atoms with Crippen LogP contribution in [0, 0.1) is 0 Å². The van der Waals surface area contributed by atoms with Gasteiger partial charge in [0.25, 0.3) is 0 Å². The van der Waals surface area contributed by atoms with Crippen molar-refractivity contribution < 1.29 is 48.7 Å². The van der Waals surface area contributed by atoms with E-state index in [0.717, 1.165) is 0 Å². The molecule has 42 heavy (non-hydrogen) atoms. The van der Waals surface area contributed by atoms with Crippen molar-refractivity contribution in [2.75, 3.05) is 25.0 Å². The van der Waals surface area contributed by atoms with Crippen LogP contribution in [-0.4, -0.2) is 93.4 Å². The maximum Gasteiger partial charge on any atom is 0.547 e. The average molecular weight is 581 g/mol. The molecule has 6 N–H and O–H groups in total. The third kappa shape index (κ3) is 6.12. The van der Waals surface area contributed by atoms with E-state index in [1.54, 1.807) is 13.0 Å². The second-order valence-electron chi connectivity index (χ2n) is 9.61. The monoisotopic (exact) mass is 581 g/mol. The number of amides is 6. The minimum atomic E-state index is -1.66. The van der Waals surface area contributed by atoms with Crippen LogP contribution in [0.1, 0.15) is 41.4 Å². The number of phenolic OH excluding ortho intramolecular Hbond substituents is 1. The highest BCUT2D eigenvalue weighted by molar-refractivity contribution is 6.47. The van der Waals surface area contributed by atoms with E-state index >= 15 is 0 Å². The van der Waals surface area contributed by atoms with Gasteiger partial charge in [0.15, 0.2) is 0 Å². The Morgan fingerprint density at radius 1 is 1.12 bits per heavy atom. The Hall–Kier alpha value is -5.12. The number of aromatic carboxylic acids is 1. The van der Waals surface area contributed by atoms with E-state index in [1.165, 1.54) is 42.2 Å². The molecule has 6 amide bonds. The highest BCUT2D eigenvalue weighted by atomic mass is 16.5. The third-order valence-corrected chi connectivity index (χ3v) is 6.81. The quantitative estimate of drug-likeness (QED) is 0.142. The number of hydrogen-bond donors (Lipinski definition) is 6. The Kier molecular flexibility index (Phi) is 8.66. The zero-order valence-corrected chi connectivity index (χ0v) is 22.6. The lowest BCUT2D eigenvalue weighted by atomic mass is 9.72. The van der Waals surface area contributed by atoms with Crippen LogP contribution in [0.5, 0.6) is 11.5 Å². The van der Waals surface area contributed by atoms with E-state index in [9.17, 15) is 44.0 Å². The molecule has 2 heterocycles. The van der Waals surface area contributed by atoms with Crippen molar-refractivity contribution >= 4 is 48.4 Å². The van der Waals surface area contributed by atoms with Gasteiger partial charge in [-0.2, -0.15) is 0 Å². The summed E-state index contributed by atoms with van der Waals surface area (Å²) in [5.41, 5.74) is 0.249. The molecule has 0 aliphatic carbocycles. The molecule has 0 bridgehead atoms. The predicted octanol–water partition coefficient (Wildman–Crippen LogP) is -0.370. The average Bonchev–Trinajstić information content (AvgIpc) is 2.94. The summed E-state index contributed by atoms with van der Waals surface area (Å²) in [6.45, 7) is 3.13. The van der Waals surface area contributed by atoms with E-state index in [2.05, 4.69) is 16.0 Å². The molecule has 2 aliphatic heterocycles. The minimum absolute atomic E-state index is 0.0251. The summed E-state index contributed by atoms with van der Waals surface area (Å²) < 4.78 is 5.42. The summed E-state index contributed by atoms with van der Waals surface area (Å²) in [5.74, 6) is -6.06. The molecule has 4 rings (SSSR count). The number of rotatable bonds is 7. The number of nitrogens with one attached hydrogen (secondary N) is 3. The number of carbonyl (C=O) groups is 6. The van der Waals surface area contributed by atoms with E-state index in [0.29, 0.717) is 10.5 Å². The van der Waals surface area contributed by atoms with Gasteiger partial charge in [0.05, 0.1) is 17.2 Å². The van der Waals surface area contributed by atoms with Gasteiger partial charge in [-0.25, -0.2) is 9.59 Å². The van der Waals surface area contributed by atoms with Gasteiger partial charge in [0.1, 0.15) is 17.5 Å². The minimum Gasteiger partial charge on any atom is -0.534 e. The molecule has 0 radical (unpaired) electrons. The number of carboxylic acid groups (broad SMARTS) is 1. The Morgan fingerprint density at radius 3 is 2.52 bits per heavy atom. The number of para-hydroxylation sites is 1. The van der Waals surface area contributed by atoms with E-state index in [4.69, 9.17) is 4.65 Å². The van der Waals surface area contributed by atoms with Crippen LogP contribution < -0.4 is 20.6 Å². The molecule has 1 saturated heterocycles. The molecule has 2 aromatic rings. The lowest BCUT2D eigenvalue weighted by Crippen LogP contribution is -2.60. The normalized spacial score (nSPS) is 17.1. The highest BCUT2D eigenvalue weighted by Crippen LogP contribution is 2.31. The fourth-order valence-corrected chi connectivity index (χ4v) is 4.68. The summed E-state index contributed by atoms with van der Waals surface area (Å²) in [6, 6.07) is 5.51. The van der Waals surface area contributed by atoms with E-state index in [-0.39, 0.29) is 54.4 Å². The lowest BCUT2D eigenvalue weighted by molar-refractivity contribution is -0.153. The van der Waals surface area contributed by atoms with Gasteiger partial charge in [-0.05, 0) is 42.7 Å². The van der Waals surface area contributed by atoms with Crippen LogP contribution in [0.15, 0.2) is 36.4 Å². The van der Waals surface area contributed by atoms with Crippen molar-refractivity contribution in [1.29, 1.82) is 0 Å². The van der Waals surface area contributed by atoms with Crippen molar-refractivity contribution in [1.82, 2.24) is 20.4 Å². The first-order valence-corrected chi connectivity index (χ1v) is 12.9. The molecule has 1 unspecified atom stereocenters. The van der Waals surface area contributed by atoms with Gasteiger partial charge in [-0.15, -0.1) is 0 Å². The molecule has 15 nitrogen and oxygen atoms in total. The SMILES string of the molecule is CCN1CCN(C(=O)NC(C(=O)N[C@H]2Cc3cccc(C(=O)O)c3OB2O)c2ccc(O)c(NC(C)=O)c2)C(=O)C1=O. The Balaban J connectivity index is 1.62. The standard InChI is InChI=1S/C26H28BN5O10/c1-3-31-9-10-32(24(37)23(31)36)26(40)30-20(14-7-8-18(34)17(11-14)28-13(2)33)22(35)29-19-12-15-5-4-6-16(25(38)39)21(15)42-27(19)41/h4-8,11,19-20,34,41H,3,9-10,12H2,1-2H3,(H,28,33)(H,29,35)(H,30,40)(H,38,39)/t19-,20?/m0/s1. The summed E-state index contributed by atoms with van der Waals surface area (Å²) in [6.07, 6.45) is -0.0251. The number of aromatic hydroxyl groups is 1. The number of phenols is 1. The smallest absolute Gasteiger partial charge is 0.534 e. The van der Waals surface area contributed by atoms with Gasteiger partial charge in [-0.3, -0.25) is 24.1 Å². The number of carbonyl (C=O) groups excluding carboxylic acids is 5. The van der Waals surface area contributed by atoms with Crippen LogP contribution in [-0.2, 0) is 25.6 Å². The second kappa shape index (κ2) is 12.2. The molecule has 16 heteroatoms. The van der Waals surface area contributed by atoms with E-state index in [1.807, 2.05) is 0 Å². The van der Waals surface area contributed by atoms with Crippen LogP contribution in [0.25, 0.3) is 0 Å². The summed E-state index contributed by atoms with van der Waals surface area (Å²) in [5, 5.41) is 37.6. The van der Waals surface area contributed by atoms with Gasteiger partial charge >= 0.3 is 30.9 Å². The Labute approximate surface area is 239 Å². The zero-order chi connectivity index (χ0) is 30.7. The van der Waals surface area contributed by atoms with Crippen molar-refractivity contribution in [2.45, 2.75) is 32.3 Å². The number of hydrogen-bond acceptors (Lipinski definition) is 9. The van der Waals surface area contributed by atoms with Crippen molar-refractivity contribution in [3.63, 3.8) is 0 Å². The molecule has 2 aromatic carbocycles. The summed E-state index contributed by atoms with van der Waals surface area (Å²) in [4.78, 5) is 76.8. The molecular weight excluding hydrogens is 553 g/mol. The molecule has 2 aliphatic rings.